The molecule has 2 atom stereocenters. The number of H-pyrrole nitrogens is 1. The van der Waals surface area contributed by atoms with Crippen LogP contribution in [-0.2, 0) is 11.2 Å². The Balaban J connectivity index is 1.50. The highest BCUT2D eigenvalue weighted by Gasteiger charge is 2.37. The summed E-state index contributed by atoms with van der Waals surface area (Å²) >= 11 is 8.17. The van der Waals surface area contributed by atoms with E-state index in [1.165, 1.54) is 11.8 Å². The zero-order chi connectivity index (χ0) is 25.4. The van der Waals surface area contributed by atoms with Crippen molar-refractivity contribution in [2.45, 2.75) is 43.3 Å². The number of nitrogens with two attached hydrogens (primary N) is 1. The summed E-state index contributed by atoms with van der Waals surface area (Å²) in [7, 11) is 0. The van der Waals surface area contributed by atoms with Crippen LogP contribution in [0.2, 0.25) is 5.02 Å². The lowest BCUT2D eigenvalue weighted by atomic mass is 10.0. The molecule has 1 aliphatic rings. The van der Waals surface area contributed by atoms with Crippen LogP contribution in [-0.4, -0.2) is 56.5 Å². The summed E-state index contributed by atoms with van der Waals surface area (Å²) in [5.41, 5.74) is 9.63. The molecule has 4 aromatic rings. The van der Waals surface area contributed by atoms with Gasteiger partial charge in [0.25, 0.3) is 0 Å². The number of hydrogen-bond donors (Lipinski definition) is 3. The number of aryl methyl sites for hydroxylation is 1. The summed E-state index contributed by atoms with van der Waals surface area (Å²) in [6.45, 7) is 7.76. The second-order valence-corrected chi connectivity index (χ2v) is 10.9. The van der Waals surface area contributed by atoms with Crippen molar-refractivity contribution in [1.82, 2.24) is 30.2 Å². The molecule has 0 spiro atoms. The molecule has 0 radical (unpaired) electrons. The monoisotopic (exact) mass is 524 g/mol. The van der Waals surface area contributed by atoms with Crippen LogP contribution in [0.5, 0.6) is 0 Å². The smallest absolute Gasteiger partial charge is 0.226 e. The predicted molar refractivity (Wildman–Crippen MR) is 143 cm³/mol. The second kappa shape index (κ2) is 10.2. The van der Waals surface area contributed by atoms with E-state index in [4.69, 9.17) is 27.3 Å². The van der Waals surface area contributed by atoms with Gasteiger partial charge in [0.15, 0.2) is 5.16 Å². The third-order valence-corrected chi connectivity index (χ3v) is 7.54. The lowest BCUT2D eigenvalue weighted by Gasteiger charge is -2.19. The van der Waals surface area contributed by atoms with E-state index in [2.05, 4.69) is 39.0 Å². The van der Waals surface area contributed by atoms with Crippen molar-refractivity contribution in [2.24, 2.45) is 17.6 Å². The second-order valence-electron chi connectivity index (χ2n) is 9.45. The predicted octanol–water partition coefficient (Wildman–Crippen LogP) is 3.80. The van der Waals surface area contributed by atoms with Crippen molar-refractivity contribution in [3.63, 3.8) is 0 Å². The van der Waals surface area contributed by atoms with Crippen LogP contribution in [0.3, 0.4) is 0 Å². The molecule has 1 saturated heterocycles. The highest BCUT2D eigenvalue weighted by atomic mass is 35.5. The van der Waals surface area contributed by atoms with Gasteiger partial charge in [0, 0.05) is 48.7 Å². The summed E-state index contributed by atoms with van der Waals surface area (Å²) in [4.78, 5) is 37.7. The van der Waals surface area contributed by atoms with Gasteiger partial charge in [-0.25, -0.2) is 9.97 Å². The number of anilines is 1. The molecule has 0 saturated carbocycles. The Labute approximate surface area is 218 Å². The number of aromatic nitrogens is 5. The molecule has 1 aliphatic heterocycles. The number of halogens is 1. The molecule has 0 aliphatic carbocycles. The summed E-state index contributed by atoms with van der Waals surface area (Å²) in [6.07, 6.45) is 4.27. The third kappa shape index (κ3) is 4.85. The first-order chi connectivity index (χ1) is 17.3. The van der Waals surface area contributed by atoms with Crippen LogP contribution in [0.15, 0.2) is 40.6 Å². The molecular formula is C25H29ClN8OS. The van der Waals surface area contributed by atoms with Gasteiger partial charge >= 0.3 is 0 Å². The Morgan fingerprint density at radius 3 is 2.92 bits per heavy atom. The maximum Gasteiger partial charge on any atom is 0.226 e. The van der Waals surface area contributed by atoms with E-state index in [1.54, 1.807) is 12.4 Å². The van der Waals surface area contributed by atoms with E-state index in [-0.39, 0.29) is 17.9 Å². The normalized spacial score (nSPS) is 18.0. The molecule has 5 heterocycles. The molecule has 0 unspecified atom stereocenters. The summed E-state index contributed by atoms with van der Waals surface area (Å²) in [5, 5.41) is 4.94. The first-order valence-corrected chi connectivity index (χ1v) is 13.3. The van der Waals surface area contributed by atoms with Gasteiger partial charge in [-0.05, 0) is 42.3 Å². The molecule has 4 aromatic heterocycles. The average Bonchev–Trinajstić information content (AvgIpc) is 3.41. The van der Waals surface area contributed by atoms with Gasteiger partial charge in [0.05, 0.1) is 27.4 Å². The Morgan fingerprint density at radius 2 is 2.14 bits per heavy atom. The Hall–Kier alpha value is -2.95. The lowest BCUT2D eigenvalue weighted by Crippen LogP contribution is -2.42. The lowest BCUT2D eigenvalue weighted by molar-refractivity contribution is -0.124. The van der Waals surface area contributed by atoms with Gasteiger partial charge in [0.1, 0.15) is 11.5 Å². The number of amides is 1. The van der Waals surface area contributed by atoms with Crippen LogP contribution in [0, 0.1) is 11.8 Å². The zero-order valence-electron chi connectivity index (χ0n) is 20.5. The number of rotatable bonds is 7. The Morgan fingerprint density at radius 1 is 1.31 bits per heavy atom. The molecule has 0 bridgehead atoms. The van der Waals surface area contributed by atoms with E-state index in [0.29, 0.717) is 47.2 Å². The Bertz CT molecular complexity index is 1420. The van der Waals surface area contributed by atoms with Crippen LogP contribution < -0.4 is 16.0 Å². The van der Waals surface area contributed by atoms with E-state index < -0.39 is 0 Å². The minimum Gasteiger partial charge on any atom is -0.355 e. The Kier molecular flexibility index (Phi) is 7.00. The van der Waals surface area contributed by atoms with Gasteiger partial charge < -0.3 is 20.9 Å². The maximum absolute atomic E-state index is 12.8. The number of carbonyl (C=O) groups is 1. The number of hydrogen-bond acceptors (Lipinski definition) is 8. The average molecular weight is 525 g/mol. The SMILES string of the molecule is CCc1[nH]c2nc(Sc3cnc4cccnc4c3)nc(N3C[C@H](N)[C@H](C(=O)NCC(C)C)C3)c2c1Cl. The van der Waals surface area contributed by atoms with Crippen molar-refractivity contribution in [3.8, 4) is 0 Å². The minimum atomic E-state index is -0.330. The zero-order valence-corrected chi connectivity index (χ0v) is 22.0. The highest BCUT2D eigenvalue weighted by Crippen LogP contribution is 2.38. The molecule has 36 heavy (non-hydrogen) atoms. The molecule has 11 heteroatoms. The number of fused-ring (bicyclic) bond motifs is 2. The van der Waals surface area contributed by atoms with Crippen LogP contribution in [0.4, 0.5) is 5.82 Å². The number of aromatic amines is 1. The van der Waals surface area contributed by atoms with Gasteiger partial charge in [0.2, 0.25) is 5.91 Å². The summed E-state index contributed by atoms with van der Waals surface area (Å²) in [6, 6.07) is 5.45. The van der Waals surface area contributed by atoms with Crippen molar-refractivity contribution >= 4 is 57.2 Å². The van der Waals surface area contributed by atoms with Crippen molar-refractivity contribution in [1.29, 1.82) is 0 Å². The van der Waals surface area contributed by atoms with Crippen molar-refractivity contribution < 1.29 is 4.79 Å². The highest BCUT2D eigenvalue weighted by molar-refractivity contribution is 7.99. The van der Waals surface area contributed by atoms with E-state index in [0.717, 1.165) is 33.4 Å². The molecule has 9 nitrogen and oxygen atoms in total. The van der Waals surface area contributed by atoms with Crippen LogP contribution >= 0.6 is 23.4 Å². The van der Waals surface area contributed by atoms with Gasteiger partial charge in [-0.2, -0.15) is 0 Å². The fraction of sp³-hybridized carbons (Fsp3) is 0.400. The molecule has 188 valence electrons. The summed E-state index contributed by atoms with van der Waals surface area (Å²) < 4.78 is 0. The van der Waals surface area contributed by atoms with Crippen molar-refractivity contribution in [2.75, 3.05) is 24.5 Å². The topological polar surface area (TPSA) is 126 Å². The number of nitrogens with zero attached hydrogens (tertiary/aromatic N) is 5. The molecule has 1 fully saturated rings. The number of pyridine rings is 2. The van der Waals surface area contributed by atoms with E-state index >= 15 is 0 Å². The molecule has 5 rings (SSSR count). The number of nitrogens with one attached hydrogen (secondary N) is 2. The van der Waals surface area contributed by atoms with E-state index in [9.17, 15) is 4.79 Å². The number of carbonyl (C=O) groups excluding carboxylic acids is 1. The molecule has 0 aromatic carbocycles. The van der Waals surface area contributed by atoms with Gasteiger partial charge in [-0.1, -0.05) is 32.4 Å². The quantitative estimate of drug-likeness (QED) is 0.312. The fourth-order valence-electron chi connectivity index (χ4n) is 4.40. The summed E-state index contributed by atoms with van der Waals surface area (Å²) in [5.74, 6) is 0.700. The third-order valence-electron chi connectivity index (χ3n) is 6.30. The van der Waals surface area contributed by atoms with E-state index in [1.807, 2.05) is 25.1 Å². The largest absolute Gasteiger partial charge is 0.355 e. The molecule has 1 amide bonds. The first kappa shape index (κ1) is 24.7. The minimum absolute atomic E-state index is 0.0252. The van der Waals surface area contributed by atoms with Gasteiger partial charge in [-0.15, -0.1) is 0 Å². The van der Waals surface area contributed by atoms with Crippen LogP contribution in [0.1, 0.15) is 26.5 Å². The first-order valence-electron chi connectivity index (χ1n) is 12.1. The fourth-order valence-corrected chi connectivity index (χ4v) is 5.51. The van der Waals surface area contributed by atoms with Crippen molar-refractivity contribution in [3.05, 3.63) is 41.3 Å². The standard InChI is InChI=1S/C25H29ClN8OS/c1-4-17-21(26)20-22(31-17)32-25(36-14-8-19-18(29-10-14)6-5-7-28-19)33-23(20)34-11-15(16(27)12-34)24(35)30-9-13(2)3/h5-8,10,13,15-16H,4,9,11-12,27H2,1-3H3,(H,30,35)(H,31,32,33)/t15-,16+/m1/s1. The maximum atomic E-state index is 12.8. The van der Waals surface area contributed by atoms with Gasteiger partial charge in [-0.3, -0.25) is 14.8 Å². The van der Waals surface area contributed by atoms with Crippen LogP contribution in [0.25, 0.3) is 22.1 Å². The molecular weight excluding hydrogens is 496 g/mol. The molecule has 4 N–H and O–H groups in total.